The number of benzene rings is 2. The van der Waals surface area contributed by atoms with Crippen LogP contribution < -0.4 is 10.1 Å². The van der Waals surface area contributed by atoms with E-state index in [9.17, 15) is 4.79 Å². The summed E-state index contributed by atoms with van der Waals surface area (Å²) in [6.45, 7) is 4.91. The average molecular weight is 379 g/mol. The first-order valence-electron chi connectivity index (χ1n) is 9.62. The first-order chi connectivity index (χ1) is 13.7. The summed E-state index contributed by atoms with van der Waals surface area (Å²) < 4.78 is 11.1. The van der Waals surface area contributed by atoms with E-state index in [0.717, 1.165) is 30.6 Å². The number of rotatable bonds is 9. The Morgan fingerprint density at radius 2 is 1.71 bits per heavy atom. The summed E-state index contributed by atoms with van der Waals surface area (Å²) in [5, 5.41) is 10.5. The molecule has 0 aliphatic heterocycles. The Kier molecular flexibility index (Phi) is 6.78. The third kappa shape index (κ3) is 5.42. The number of amides is 1. The van der Waals surface area contributed by atoms with Gasteiger partial charge >= 0.3 is 6.01 Å². The van der Waals surface area contributed by atoms with Crippen LogP contribution in [0.25, 0.3) is 0 Å². The van der Waals surface area contributed by atoms with Crippen molar-refractivity contribution in [2.45, 2.75) is 39.5 Å². The van der Waals surface area contributed by atoms with Crippen molar-refractivity contribution in [2.24, 2.45) is 0 Å². The lowest BCUT2D eigenvalue weighted by molar-refractivity contribution is 0.102. The second-order valence-electron chi connectivity index (χ2n) is 6.53. The molecule has 0 aliphatic carbocycles. The van der Waals surface area contributed by atoms with Gasteiger partial charge in [-0.05, 0) is 48.2 Å². The molecule has 0 bridgehead atoms. The highest BCUT2D eigenvalue weighted by atomic mass is 16.5. The van der Waals surface area contributed by atoms with E-state index in [4.69, 9.17) is 9.15 Å². The second kappa shape index (κ2) is 9.69. The van der Waals surface area contributed by atoms with Crippen LogP contribution in [0.4, 0.5) is 6.01 Å². The van der Waals surface area contributed by atoms with Gasteiger partial charge in [0.1, 0.15) is 5.75 Å². The molecule has 1 N–H and O–H groups in total. The maximum absolute atomic E-state index is 12.3. The van der Waals surface area contributed by atoms with Gasteiger partial charge in [-0.25, -0.2) is 0 Å². The summed E-state index contributed by atoms with van der Waals surface area (Å²) in [7, 11) is 0. The Morgan fingerprint density at radius 3 is 2.39 bits per heavy atom. The minimum Gasteiger partial charge on any atom is -0.494 e. The van der Waals surface area contributed by atoms with Gasteiger partial charge in [-0.15, -0.1) is 5.10 Å². The molecule has 146 valence electrons. The summed E-state index contributed by atoms with van der Waals surface area (Å²) in [5.41, 5.74) is 2.86. The minimum atomic E-state index is -0.303. The molecule has 3 aromatic rings. The number of aromatic nitrogens is 2. The molecule has 6 nitrogen and oxygen atoms in total. The Bertz CT molecular complexity index is 886. The van der Waals surface area contributed by atoms with Gasteiger partial charge in [-0.1, -0.05) is 49.6 Å². The normalized spacial score (nSPS) is 10.6. The highest BCUT2D eigenvalue weighted by Crippen LogP contribution is 2.16. The standard InChI is InChI=1S/C22H25N3O3/c1-3-5-14-27-19-12-10-18(11-13-19)21(26)23-22-25-24-20(28-22)15-17-8-6-16(4-2)7-9-17/h6-13H,3-5,14-15H2,1-2H3,(H,23,25,26). The summed E-state index contributed by atoms with van der Waals surface area (Å²) >= 11 is 0. The predicted molar refractivity (Wildman–Crippen MR) is 108 cm³/mol. The number of ether oxygens (including phenoxy) is 1. The van der Waals surface area contributed by atoms with Gasteiger partial charge < -0.3 is 9.15 Å². The maximum Gasteiger partial charge on any atom is 0.322 e. The number of carbonyl (C=O) groups excluding carboxylic acids is 1. The van der Waals surface area contributed by atoms with Crippen LogP contribution in [0, 0.1) is 0 Å². The van der Waals surface area contributed by atoms with E-state index in [-0.39, 0.29) is 11.9 Å². The predicted octanol–water partition coefficient (Wildman–Crippen LogP) is 4.65. The van der Waals surface area contributed by atoms with E-state index in [1.54, 1.807) is 24.3 Å². The topological polar surface area (TPSA) is 77.2 Å². The van der Waals surface area contributed by atoms with Crippen LogP contribution in [0.2, 0.25) is 0 Å². The molecule has 6 heteroatoms. The van der Waals surface area contributed by atoms with Crippen LogP contribution in [0.3, 0.4) is 0 Å². The Morgan fingerprint density at radius 1 is 1.00 bits per heavy atom. The molecule has 0 unspecified atom stereocenters. The Balaban J connectivity index is 1.55. The van der Waals surface area contributed by atoms with Crippen LogP contribution in [-0.4, -0.2) is 22.7 Å². The van der Waals surface area contributed by atoms with Crippen molar-refractivity contribution in [3.8, 4) is 5.75 Å². The van der Waals surface area contributed by atoms with Gasteiger partial charge in [0.25, 0.3) is 5.91 Å². The molecule has 3 rings (SSSR count). The van der Waals surface area contributed by atoms with E-state index < -0.39 is 0 Å². The summed E-state index contributed by atoms with van der Waals surface area (Å²) in [4.78, 5) is 12.3. The molecule has 1 amide bonds. The fourth-order valence-corrected chi connectivity index (χ4v) is 2.65. The van der Waals surface area contributed by atoms with Crippen LogP contribution >= 0.6 is 0 Å². The quantitative estimate of drug-likeness (QED) is 0.547. The molecule has 1 aromatic heterocycles. The largest absolute Gasteiger partial charge is 0.494 e. The van der Waals surface area contributed by atoms with E-state index in [1.807, 2.05) is 12.1 Å². The van der Waals surface area contributed by atoms with Gasteiger partial charge in [0.15, 0.2) is 0 Å². The van der Waals surface area contributed by atoms with Gasteiger partial charge in [0, 0.05) is 5.56 Å². The fourth-order valence-electron chi connectivity index (χ4n) is 2.65. The van der Waals surface area contributed by atoms with Crippen LogP contribution in [0.5, 0.6) is 5.75 Å². The lowest BCUT2D eigenvalue weighted by Gasteiger charge is -2.06. The van der Waals surface area contributed by atoms with Gasteiger partial charge in [0.2, 0.25) is 5.89 Å². The van der Waals surface area contributed by atoms with Crippen molar-refractivity contribution in [3.63, 3.8) is 0 Å². The van der Waals surface area contributed by atoms with Gasteiger partial charge in [0.05, 0.1) is 13.0 Å². The summed E-state index contributed by atoms with van der Waals surface area (Å²) in [6, 6.07) is 15.3. The lowest BCUT2D eigenvalue weighted by Crippen LogP contribution is -2.12. The fraction of sp³-hybridized carbons (Fsp3) is 0.318. The molecule has 0 saturated heterocycles. The van der Waals surface area contributed by atoms with Crippen molar-refractivity contribution in [1.29, 1.82) is 0 Å². The summed E-state index contributed by atoms with van der Waals surface area (Å²) in [5.74, 6) is 0.904. The Hall–Kier alpha value is -3.15. The van der Waals surface area contributed by atoms with E-state index in [2.05, 4.69) is 41.5 Å². The molecular formula is C22H25N3O3. The van der Waals surface area contributed by atoms with Gasteiger partial charge in [-0.2, -0.15) is 0 Å². The zero-order valence-corrected chi connectivity index (χ0v) is 16.3. The number of carbonyl (C=O) groups is 1. The number of hydrogen-bond acceptors (Lipinski definition) is 5. The third-order valence-electron chi connectivity index (χ3n) is 4.36. The van der Waals surface area contributed by atoms with Crippen molar-refractivity contribution in [3.05, 3.63) is 71.1 Å². The first-order valence-corrected chi connectivity index (χ1v) is 9.62. The number of aryl methyl sites for hydroxylation is 1. The smallest absolute Gasteiger partial charge is 0.322 e. The molecule has 0 spiro atoms. The van der Waals surface area contributed by atoms with Crippen molar-refractivity contribution < 1.29 is 13.9 Å². The monoisotopic (exact) mass is 379 g/mol. The van der Waals surface area contributed by atoms with E-state index in [1.165, 1.54) is 5.56 Å². The lowest BCUT2D eigenvalue weighted by atomic mass is 10.1. The van der Waals surface area contributed by atoms with Crippen molar-refractivity contribution in [2.75, 3.05) is 11.9 Å². The molecule has 0 saturated carbocycles. The number of nitrogens with zero attached hydrogens (tertiary/aromatic N) is 2. The SMILES string of the molecule is CCCCOc1ccc(C(=O)Nc2nnc(Cc3ccc(CC)cc3)o2)cc1. The van der Waals surface area contributed by atoms with Crippen LogP contribution in [-0.2, 0) is 12.8 Å². The summed E-state index contributed by atoms with van der Waals surface area (Å²) in [6.07, 6.45) is 3.61. The van der Waals surface area contributed by atoms with Crippen LogP contribution in [0.1, 0.15) is 54.1 Å². The van der Waals surface area contributed by atoms with E-state index >= 15 is 0 Å². The molecule has 0 radical (unpaired) electrons. The molecule has 0 aliphatic rings. The maximum atomic E-state index is 12.3. The third-order valence-corrected chi connectivity index (χ3v) is 4.36. The highest BCUT2D eigenvalue weighted by molar-refractivity contribution is 6.03. The van der Waals surface area contributed by atoms with E-state index in [0.29, 0.717) is 24.5 Å². The average Bonchev–Trinajstić information content (AvgIpc) is 3.16. The molecule has 0 atom stereocenters. The highest BCUT2D eigenvalue weighted by Gasteiger charge is 2.12. The number of anilines is 1. The zero-order valence-electron chi connectivity index (χ0n) is 16.3. The van der Waals surface area contributed by atoms with Crippen molar-refractivity contribution >= 4 is 11.9 Å². The van der Waals surface area contributed by atoms with Gasteiger partial charge in [-0.3, -0.25) is 10.1 Å². The molecule has 2 aromatic carbocycles. The number of nitrogens with one attached hydrogen (secondary N) is 1. The zero-order chi connectivity index (χ0) is 19.8. The number of hydrogen-bond donors (Lipinski definition) is 1. The Labute approximate surface area is 164 Å². The number of unbranched alkanes of at least 4 members (excludes halogenated alkanes) is 1. The van der Waals surface area contributed by atoms with Crippen LogP contribution in [0.15, 0.2) is 52.9 Å². The molecule has 28 heavy (non-hydrogen) atoms. The first kappa shape index (κ1) is 19.6. The second-order valence-corrected chi connectivity index (χ2v) is 6.53. The molecule has 1 heterocycles. The minimum absolute atomic E-state index is 0.0912. The molecule has 0 fully saturated rings. The molecular weight excluding hydrogens is 354 g/mol. The van der Waals surface area contributed by atoms with Crippen molar-refractivity contribution in [1.82, 2.24) is 10.2 Å².